The van der Waals surface area contributed by atoms with E-state index in [1.807, 2.05) is 13.0 Å². The molecule has 4 heterocycles. The van der Waals surface area contributed by atoms with Crippen LogP contribution in [0.4, 0.5) is 24.9 Å². The van der Waals surface area contributed by atoms with Crippen molar-refractivity contribution in [3.63, 3.8) is 0 Å². The van der Waals surface area contributed by atoms with Gasteiger partial charge in [0.05, 0.1) is 11.8 Å². The normalized spacial score (nSPS) is 25.9. The topological polar surface area (TPSA) is 125 Å². The summed E-state index contributed by atoms with van der Waals surface area (Å²) in [5.74, 6) is 1.34. The van der Waals surface area contributed by atoms with Crippen molar-refractivity contribution in [1.82, 2.24) is 24.8 Å². The van der Waals surface area contributed by atoms with E-state index in [1.54, 1.807) is 0 Å². The first kappa shape index (κ1) is 32.6. The number of amides is 1. The maximum Gasteiger partial charge on any atom is 0.393 e. The Bertz CT molecular complexity index is 1940. The van der Waals surface area contributed by atoms with E-state index in [1.165, 1.54) is 17.2 Å². The summed E-state index contributed by atoms with van der Waals surface area (Å²) in [6, 6.07) is 10.4. The first-order valence-electron chi connectivity index (χ1n) is 16.7. The van der Waals surface area contributed by atoms with Gasteiger partial charge in [-0.05, 0) is 67.3 Å². The van der Waals surface area contributed by atoms with Crippen molar-refractivity contribution in [2.24, 2.45) is 17.3 Å². The van der Waals surface area contributed by atoms with Gasteiger partial charge in [0.2, 0.25) is 11.9 Å². The first-order chi connectivity index (χ1) is 22.8. The van der Waals surface area contributed by atoms with Crippen molar-refractivity contribution in [2.45, 2.75) is 90.6 Å². The van der Waals surface area contributed by atoms with Crippen LogP contribution in [0, 0.1) is 35.5 Å². The lowest BCUT2D eigenvalue weighted by Gasteiger charge is -2.80. The molecule has 1 saturated heterocycles. The minimum Gasteiger partial charge on any atom is -0.368 e. The van der Waals surface area contributed by atoms with Crippen LogP contribution in [0.15, 0.2) is 24.3 Å². The maximum atomic E-state index is 13.0. The Balaban J connectivity index is 1.02. The molecule has 9 nitrogen and oxygen atoms in total. The van der Waals surface area contributed by atoms with E-state index in [0.717, 1.165) is 67.7 Å². The zero-order chi connectivity index (χ0) is 34.2. The number of nitriles is 1. The molecule has 2 bridgehead atoms. The summed E-state index contributed by atoms with van der Waals surface area (Å²) in [6.07, 6.45) is -2.17. The van der Waals surface area contributed by atoms with E-state index in [0.29, 0.717) is 40.0 Å². The molecule has 1 aromatic carbocycles. The molecule has 4 N–H and O–H groups in total. The molecule has 1 aliphatic heterocycles. The third-order valence-corrected chi connectivity index (χ3v) is 12.8. The third-order valence-electron chi connectivity index (χ3n) is 11.8. The van der Waals surface area contributed by atoms with Crippen LogP contribution < -0.4 is 16.4 Å². The number of anilines is 2. The van der Waals surface area contributed by atoms with E-state index >= 15 is 0 Å². The molecular weight excluding hydrogens is 638 g/mol. The number of piperidine rings is 1. The molecule has 4 aliphatic rings. The number of carbonyl (C=O) groups is 1. The second-order valence-electron chi connectivity index (χ2n) is 14.2. The van der Waals surface area contributed by atoms with Gasteiger partial charge in [0.25, 0.3) is 0 Å². The Kier molecular flexibility index (Phi) is 7.90. The summed E-state index contributed by atoms with van der Waals surface area (Å²) >= 11 is 1.00. The molecule has 3 saturated carbocycles. The number of thiophene rings is 1. The standard InChI is InChI=1S/C35H41F3N8OS/c1-5-29(47)44-34-17-33(20(34)3,21(34)4)18-46-24(15-39)12-26-19(2)22(6-7-28(26)46)16-45-10-8-23(9-11-45)41-30-27-13-25(14-35(36,37)38)48-31(27)43-32(40)42-30/h6-7,12-13,20-21,23H,5,8-11,14,16-18H2,1-4H3,(H,44,47)(H3,40,41,42,43)/t20-,21-,33?,34?/m0/s1. The number of nitrogens with two attached hydrogens (primary N) is 1. The number of aryl methyl sites for hydroxylation is 1. The predicted octanol–water partition coefficient (Wildman–Crippen LogP) is 6.53. The number of alkyl halides is 3. The highest BCUT2D eigenvalue weighted by Gasteiger charge is 2.79. The van der Waals surface area contributed by atoms with E-state index < -0.39 is 12.6 Å². The van der Waals surface area contributed by atoms with Gasteiger partial charge in [0, 0.05) is 65.4 Å². The van der Waals surface area contributed by atoms with Crippen LogP contribution in [0.5, 0.6) is 0 Å². The number of rotatable bonds is 9. The van der Waals surface area contributed by atoms with Crippen LogP contribution in [-0.4, -0.2) is 56.2 Å². The molecule has 4 fully saturated rings. The van der Waals surface area contributed by atoms with Gasteiger partial charge in [-0.15, -0.1) is 11.3 Å². The molecule has 0 radical (unpaired) electrons. The molecule has 2 atom stereocenters. The van der Waals surface area contributed by atoms with Crippen molar-refractivity contribution < 1.29 is 18.0 Å². The zero-order valence-corrected chi connectivity index (χ0v) is 28.5. The number of benzene rings is 1. The average Bonchev–Trinajstić information content (AvgIpc) is 3.61. The summed E-state index contributed by atoms with van der Waals surface area (Å²) in [4.78, 5) is 23.8. The van der Waals surface area contributed by atoms with Crippen molar-refractivity contribution in [3.8, 4) is 6.07 Å². The van der Waals surface area contributed by atoms with Gasteiger partial charge < -0.3 is 20.9 Å². The zero-order valence-electron chi connectivity index (χ0n) is 27.7. The Morgan fingerprint density at radius 2 is 1.90 bits per heavy atom. The lowest BCUT2D eigenvalue weighted by molar-refractivity contribution is -0.285. The number of nitrogen functional groups attached to an aromatic ring is 1. The van der Waals surface area contributed by atoms with Crippen LogP contribution in [0.25, 0.3) is 21.1 Å². The molecule has 3 aliphatic carbocycles. The van der Waals surface area contributed by atoms with Crippen LogP contribution in [0.1, 0.15) is 68.2 Å². The number of nitrogens with zero attached hydrogens (tertiary/aromatic N) is 5. The smallest absolute Gasteiger partial charge is 0.368 e. The average molecular weight is 679 g/mol. The van der Waals surface area contributed by atoms with Gasteiger partial charge >= 0.3 is 6.18 Å². The van der Waals surface area contributed by atoms with E-state index in [9.17, 15) is 23.2 Å². The minimum atomic E-state index is -4.29. The minimum absolute atomic E-state index is 0.0414. The van der Waals surface area contributed by atoms with Crippen LogP contribution >= 0.6 is 11.3 Å². The molecule has 1 amide bonds. The highest BCUT2D eigenvalue weighted by molar-refractivity contribution is 7.18. The monoisotopic (exact) mass is 678 g/mol. The summed E-state index contributed by atoms with van der Waals surface area (Å²) in [7, 11) is 0. The lowest BCUT2D eigenvalue weighted by atomic mass is 9.28. The van der Waals surface area contributed by atoms with Crippen molar-refractivity contribution in [1.29, 1.82) is 5.26 Å². The number of aromatic nitrogens is 3. The van der Waals surface area contributed by atoms with E-state index in [-0.39, 0.29) is 33.7 Å². The molecule has 3 aromatic heterocycles. The fourth-order valence-corrected chi connectivity index (χ4v) is 9.88. The van der Waals surface area contributed by atoms with Crippen molar-refractivity contribution in [3.05, 3.63) is 46.0 Å². The third kappa shape index (κ3) is 5.28. The quantitative estimate of drug-likeness (QED) is 0.184. The molecule has 8 rings (SSSR count). The molecule has 13 heteroatoms. The number of carbonyl (C=O) groups excluding carboxylic acids is 1. The summed E-state index contributed by atoms with van der Waals surface area (Å²) in [5, 5.41) is 18.5. The fourth-order valence-electron chi connectivity index (χ4n) is 8.82. The molecule has 4 aromatic rings. The fraction of sp³-hybridized carbons (Fsp3) is 0.543. The number of hydrogen-bond donors (Lipinski definition) is 3. The second kappa shape index (κ2) is 11.6. The Morgan fingerprint density at radius 1 is 1.17 bits per heavy atom. The largest absolute Gasteiger partial charge is 0.393 e. The Hall–Kier alpha value is -3.89. The first-order valence-corrected chi connectivity index (χ1v) is 17.5. The molecule has 254 valence electrons. The van der Waals surface area contributed by atoms with E-state index in [4.69, 9.17) is 5.73 Å². The van der Waals surface area contributed by atoms with Crippen LogP contribution in [-0.2, 0) is 24.3 Å². The Labute approximate surface area is 281 Å². The number of hydrogen-bond acceptors (Lipinski definition) is 8. The molecule has 48 heavy (non-hydrogen) atoms. The van der Waals surface area contributed by atoms with Gasteiger partial charge in [-0.1, -0.05) is 26.8 Å². The van der Waals surface area contributed by atoms with Gasteiger partial charge in [-0.3, -0.25) is 9.69 Å². The van der Waals surface area contributed by atoms with Gasteiger partial charge in [0.15, 0.2) is 0 Å². The lowest BCUT2D eigenvalue weighted by Crippen LogP contribution is -2.87. The van der Waals surface area contributed by atoms with Crippen LogP contribution in [0.3, 0.4) is 0 Å². The van der Waals surface area contributed by atoms with Crippen LogP contribution in [0.2, 0.25) is 0 Å². The summed E-state index contributed by atoms with van der Waals surface area (Å²) in [5.41, 5.74) is 10.0. The highest BCUT2D eigenvalue weighted by atomic mass is 32.1. The van der Waals surface area contributed by atoms with Gasteiger partial charge in [-0.2, -0.15) is 23.4 Å². The Morgan fingerprint density at radius 3 is 2.54 bits per heavy atom. The summed E-state index contributed by atoms with van der Waals surface area (Å²) < 4.78 is 41.2. The number of fused-ring (bicyclic) bond motifs is 2. The van der Waals surface area contributed by atoms with E-state index in [2.05, 4.69) is 69.0 Å². The second-order valence-corrected chi connectivity index (χ2v) is 15.3. The van der Waals surface area contributed by atoms with Gasteiger partial charge in [0.1, 0.15) is 22.4 Å². The molecule has 0 spiro atoms. The maximum absolute atomic E-state index is 13.0. The van der Waals surface area contributed by atoms with Gasteiger partial charge in [-0.25, -0.2) is 4.98 Å². The number of likely N-dealkylation sites (tertiary alicyclic amines) is 1. The number of halogens is 3. The highest BCUT2D eigenvalue weighted by Crippen LogP contribution is 2.75. The van der Waals surface area contributed by atoms with Crippen molar-refractivity contribution >= 4 is 50.1 Å². The summed E-state index contributed by atoms with van der Waals surface area (Å²) in [6.45, 7) is 11.7. The van der Waals surface area contributed by atoms with Crippen molar-refractivity contribution in [2.75, 3.05) is 24.1 Å². The predicted molar refractivity (Wildman–Crippen MR) is 181 cm³/mol. The molecular formula is C35H41F3N8OS. The molecule has 0 unspecified atom stereocenters. The number of nitrogens with one attached hydrogen (secondary N) is 2. The SMILES string of the molecule is CCC(=O)NC12CC(Cn3c(C#N)cc4c(C)c(CN5CCC(Nc6nc(N)nc7sc(CC(F)(F)F)cc67)CC5)ccc43)([C@@H]1C)[C@@H]2C.